The minimum absolute atomic E-state index is 0.243. The highest BCUT2D eigenvalue weighted by atomic mass is 35.5. The largest absolute Gasteiger partial charge is 0.389 e. The summed E-state index contributed by atoms with van der Waals surface area (Å²) in [6, 6.07) is 4.96. The van der Waals surface area contributed by atoms with Gasteiger partial charge in [0.2, 0.25) is 0 Å². The number of halogens is 1. The van der Waals surface area contributed by atoms with Gasteiger partial charge in [0, 0.05) is 24.6 Å². The molecule has 1 aromatic heterocycles. The maximum Gasteiger partial charge on any atom is 0.322 e. The molecule has 122 valence electrons. The lowest BCUT2D eigenvalue weighted by atomic mass is 10.2. The molecule has 0 spiro atoms. The van der Waals surface area contributed by atoms with Gasteiger partial charge in [-0.05, 0) is 18.2 Å². The van der Waals surface area contributed by atoms with Gasteiger partial charge in [0.05, 0.1) is 42.9 Å². The molecule has 23 heavy (non-hydrogen) atoms. The molecule has 8 heteroatoms. The summed E-state index contributed by atoms with van der Waals surface area (Å²) in [6.45, 7) is 1.33. The zero-order chi connectivity index (χ0) is 16.2. The monoisotopic (exact) mass is 336 g/mol. The predicted octanol–water partition coefficient (Wildman–Crippen LogP) is 1.75. The van der Waals surface area contributed by atoms with Crippen LogP contribution in [-0.4, -0.2) is 58.0 Å². The van der Waals surface area contributed by atoms with Crippen molar-refractivity contribution in [3.05, 3.63) is 41.9 Å². The Morgan fingerprint density at radius 3 is 3.09 bits per heavy atom. The average molecular weight is 337 g/mol. The lowest BCUT2D eigenvalue weighted by molar-refractivity contribution is 0.0575. The molecule has 2 aromatic rings. The summed E-state index contributed by atoms with van der Waals surface area (Å²) in [5.74, 6) is 0. The fraction of sp³-hybridized carbons (Fsp3) is 0.333. The number of nitrogens with zero attached hydrogens (tertiary/aromatic N) is 3. The van der Waals surface area contributed by atoms with Crippen molar-refractivity contribution < 1.29 is 14.6 Å². The van der Waals surface area contributed by atoms with Crippen LogP contribution in [0.2, 0.25) is 5.02 Å². The first-order chi connectivity index (χ1) is 11.1. The van der Waals surface area contributed by atoms with Crippen LogP contribution < -0.4 is 5.32 Å². The second kappa shape index (κ2) is 6.99. The number of benzene rings is 1. The summed E-state index contributed by atoms with van der Waals surface area (Å²) in [5, 5.41) is 13.0. The Kier molecular flexibility index (Phi) is 4.80. The summed E-state index contributed by atoms with van der Waals surface area (Å²) in [6.07, 6.45) is 4.44. The molecule has 1 aliphatic heterocycles. The molecule has 1 atom stereocenters. The lowest BCUT2D eigenvalue weighted by Gasteiger charge is -2.22. The van der Waals surface area contributed by atoms with Crippen LogP contribution in [0.4, 0.5) is 10.5 Å². The first kappa shape index (κ1) is 15.8. The number of aliphatic hydroxyl groups is 1. The van der Waals surface area contributed by atoms with Gasteiger partial charge in [-0.25, -0.2) is 9.78 Å². The number of carbonyl (C=O) groups excluding carboxylic acids is 1. The summed E-state index contributed by atoms with van der Waals surface area (Å²) in [4.78, 5) is 17.8. The van der Waals surface area contributed by atoms with Crippen molar-refractivity contribution in [3.63, 3.8) is 0 Å². The second-order valence-corrected chi connectivity index (χ2v) is 5.65. The first-order valence-corrected chi connectivity index (χ1v) is 7.61. The zero-order valence-corrected chi connectivity index (χ0v) is 13.1. The fourth-order valence-electron chi connectivity index (χ4n) is 2.38. The Bertz CT molecular complexity index is 677. The van der Waals surface area contributed by atoms with Crippen LogP contribution in [-0.2, 0) is 4.74 Å². The average Bonchev–Trinajstić information content (AvgIpc) is 2.95. The second-order valence-electron chi connectivity index (χ2n) is 5.24. The van der Waals surface area contributed by atoms with E-state index in [9.17, 15) is 9.90 Å². The van der Waals surface area contributed by atoms with Crippen molar-refractivity contribution in [3.8, 4) is 5.69 Å². The van der Waals surface area contributed by atoms with Gasteiger partial charge in [-0.2, -0.15) is 0 Å². The maximum absolute atomic E-state index is 12.3. The number of imidazole rings is 1. The molecule has 1 unspecified atom stereocenters. The van der Waals surface area contributed by atoms with Crippen molar-refractivity contribution in [2.75, 3.05) is 31.6 Å². The molecule has 0 aliphatic carbocycles. The number of amides is 2. The Balaban J connectivity index is 1.70. The number of urea groups is 1. The third kappa shape index (κ3) is 3.82. The van der Waals surface area contributed by atoms with Gasteiger partial charge in [0.1, 0.15) is 0 Å². The van der Waals surface area contributed by atoms with E-state index in [0.717, 1.165) is 5.69 Å². The number of rotatable bonds is 2. The molecule has 2 amide bonds. The fourth-order valence-corrected chi connectivity index (χ4v) is 2.65. The summed E-state index contributed by atoms with van der Waals surface area (Å²) < 4.78 is 7.00. The van der Waals surface area contributed by atoms with Gasteiger partial charge < -0.3 is 24.6 Å². The quantitative estimate of drug-likeness (QED) is 0.875. The molecule has 1 saturated heterocycles. The van der Waals surface area contributed by atoms with E-state index >= 15 is 0 Å². The highest BCUT2D eigenvalue weighted by Gasteiger charge is 2.21. The first-order valence-electron chi connectivity index (χ1n) is 7.23. The Labute approximate surface area is 138 Å². The zero-order valence-electron chi connectivity index (χ0n) is 12.4. The van der Waals surface area contributed by atoms with E-state index in [0.29, 0.717) is 23.9 Å². The summed E-state index contributed by atoms with van der Waals surface area (Å²) >= 11 is 6.27. The molecule has 3 rings (SSSR count). The van der Waals surface area contributed by atoms with Crippen LogP contribution in [0.3, 0.4) is 0 Å². The van der Waals surface area contributed by atoms with Crippen LogP contribution in [0.25, 0.3) is 5.69 Å². The van der Waals surface area contributed by atoms with E-state index < -0.39 is 6.10 Å². The van der Waals surface area contributed by atoms with Gasteiger partial charge in [-0.15, -0.1) is 0 Å². The van der Waals surface area contributed by atoms with Crippen molar-refractivity contribution in [1.82, 2.24) is 14.5 Å². The van der Waals surface area contributed by atoms with Crippen LogP contribution in [0.5, 0.6) is 0 Å². The molecule has 1 aromatic carbocycles. The normalized spacial score (nSPS) is 18.5. The number of aromatic nitrogens is 2. The lowest BCUT2D eigenvalue weighted by Crippen LogP contribution is -2.40. The van der Waals surface area contributed by atoms with E-state index in [4.69, 9.17) is 16.3 Å². The summed E-state index contributed by atoms with van der Waals surface area (Å²) in [7, 11) is 0. The third-order valence-corrected chi connectivity index (χ3v) is 3.82. The van der Waals surface area contributed by atoms with Crippen LogP contribution in [0.15, 0.2) is 36.9 Å². The van der Waals surface area contributed by atoms with E-state index in [1.807, 2.05) is 0 Å². The van der Waals surface area contributed by atoms with E-state index in [1.54, 1.807) is 41.5 Å². The standard InChI is InChI=1S/C15H17ClN4O3/c16-13-7-11(1-2-14(13)20-4-3-17-10-20)18-15(22)19-5-6-23-9-12(21)8-19/h1-4,7,10,12,21H,5-6,8-9H2,(H,18,22). The number of ether oxygens (including phenoxy) is 1. The molecule has 0 bridgehead atoms. The van der Waals surface area contributed by atoms with E-state index in [2.05, 4.69) is 10.3 Å². The number of nitrogens with one attached hydrogen (secondary N) is 1. The molecule has 2 N–H and O–H groups in total. The minimum Gasteiger partial charge on any atom is -0.389 e. The number of hydrogen-bond donors (Lipinski definition) is 2. The van der Waals surface area contributed by atoms with Crippen molar-refractivity contribution in [1.29, 1.82) is 0 Å². The molecule has 0 saturated carbocycles. The van der Waals surface area contributed by atoms with Crippen LogP contribution in [0.1, 0.15) is 0 Å². The number of carbonyl (C=O) groups is 1. The molecule has 7 nitrogen and oxygen atoms in total. The Morgan fingerprint density at radius 2 is 2.35 bits per heavy atom. The van der Waals surface area contributed by atoms with Gasteiger partial charge in [-0.1, -0.05) is 11.6 Å². The summed E-state index contributed by atoms with van der Waals surface area (Å²) in [5.41, 5.74) is 1.37. The van der Waals surface area contributed by atoms with Crippen molar-refractivity contribution >= 4 is 23.3 Å². The smallest absolute Gasteiger partial charge is 0.322 e. The molecule has 2 heterocycles. The van der Waals surface area contributed by atoms with E-state index in [1.165, 1.54) is 4.90 Å². The molecule has 1 fully saturated rings. The van der Waals surface area contributed by atoms with E-state index in [-0.39, 0.29) is 19.2 Å². The highest BCUT2D eigenvalue weighted by Crippen LogP contribution is 2.24. The maximum atomic E-state index is 12.3. The minimum atomic E-state index is -0.671. The number of hydrogen-bond acceptors (Lipinski definition) is 4. The number of aliphatic hydroxyl groups excluding tert-OH is 1. The molecule has 1 aliphatic rings. The highest BCUT2D eigenvalue weighted by molar-refractivity contribution is 6.32. The molecular formula is C15H17ClN4O3. The van der Waals surface area contributed by atoms with Crippen molar-refractivity contribution in [2.24, 2.45) is 0 Å². The number of β-amino-alcohol motifs (C(OH)–C–C–N with tert-alkyl or cyclic N) is 1. The predicted molar refractivity (Wildman–Crippen MR) is 86.0 cm³/mol. The Morgan fingerprint density at radius 1 is 1.48 bits per heavy atom. The number of anilines is 1. The van der Waals surface area contributed by atoms with Gasteiger partial charge in [0.25, 0.3) is 0 Å². The van der Waals surface area contributed by atoms with Crippen molar-refractivity contribution in [2.45, 2.75) is 6.10 Å². The Hall–Kier alpha value is -2.09. The van der Waals surface area contributed by atoms with Crippen LogP contribution in [0, 0.1) is 0 Å². The van der Waals surface area contributed by atoms with Gasteiger partial charge in [0.15, 0.2) is 0 Å². The third-order valence-electron chi connectivity index (χ3n) is 3.52. The topological polar surface area (TPSA) is 79.6 Å². The van der Waals surface area contributed by atoms with Gasteiger partial charge >= 0.3 is 6.03 Å². The molecule has 0 radical (unpaired) electrons. The van der Waals surface area contributed by atoms with Crippen LogP contribution >= 0.6 is 11.6 Å². The SMILES string of the molecule is O=C(Nc1ccc(-n2ccnc2)c(Cl)c1)N1CCOCC(O)C1. The molecular weight excluding hydrogens is 320 g/mol. The van der Waals surface area contributed by atoms with Gasteiger partial charge in [-0.3, -0.25) is 0 Å².